The number of nitrogens with zero attached hydrogens (tertiary/aromatic N) is 2. The summed E-state index contributed by atoms with van der Waals surface area (Å²) in [4.78, 5) is 19.4. The van der Waals surface area contributed by atoms with Crippen LogP contribution in [0.15, 0.2) is 35.3 Å². The number of amides is 1. The van der Waals surface area contributed by atoms with Gasteiger partial charge in [0.15, 0.2) is 5.96 Å². The van der Waals surface area contributed by atoms with Crippen molar-refractivity contribution in [1.29, 1.82) is 0 Å². The molecule has 0 aromatic heterocycles. The normalized spacial score (nSPS) is 27.2. The second kappa shape index (κ2) is 10.0. The summed E-state index contributed by atoms with van der Waals surface area (Å²) in [6, 6.07) is 10.8. The van der Waals surface area contributed by atoms with Crippen LogP contribution in [0.3, 0.4) is 0 Å². The molecule has 3 fully saturated rings. The zero-order chi connectivity index (χ0) is 21.7. The van der Waals surface area contributed by atoms with Crippen molar-refractivity contribution in [3.63, 3.8) is 0 Å². The largest absolute Gasteiger partial charge is 0.378 e. The molecule has 6 heteroatoms. The smallest absolute Gasteiger partial charge is 0.223 e. The number of hydrogen-bond acceptors (Lipinski definition) is 3. The summed E-state index contributed by atoms with van der Waals surface area (Å²) in [5.41, 5.74) is 1.59. The molecule has 1 aliphatic heterocycles. The molecule has 0 bridgehead atoms. The number of aliphatic imine (C=N–C) groups is 1. The number of nitrogens with one attached hydrogen (secondary N) is 2. The zero-order valence-electron chi connectivity index (χ0n) is 19.1. The van der Waals surface area contributed by atoms with E-state index in [0.29, 0.717) is 36.4 Å². The van der Waals surface area contributed by atoms with Gasteiger partial charge < -0.3 is 20.3 Å². The minimum atomic E-state index is 0.265. The van der Waals surface area contributed by atoms with Crippen molar-refractivity contribution in [3.8, 4) is 0 Å². The summed E-state index contributed by atoms with van der Waals surface area (Å²) in [5.74, 6) is 1.46. The maximum atomic E-state index is 12.5. The van der Waals surface area contributed by atoms with Gasteiger partial charge in [0, 0.05) is 56.6 Å². The second-order valence-electron chi connectivity index (χ2n) is 9.33. The molecule has 1 aromatic rings. The molecular weight excluding hydrogens is 388 g/mol. The van der Waals surface area contributed by atoms with Gasteiger partial charge in [0.2, 0.25) is 5.91 Å². The SMILES string of the molecule is CCNC(=NCC1CC(=O)N(CCc2ccccc2)C1)NC1CC(OCC)C12CCC2. The molecule has 3 unspecified atom stereocenters. The quantitative estimate of drug-likeness (QED) is 0.471. The second-order valence-corrected chi connectivity index (χ2v) is 9.33. The van der Waals surface area contributed by atoms with Crippen molar-refractivity contribution < 1.29 is 9.53 Å². The van der Waals surface area contributed by atoms with Crippen LogP contribution < -0.4 is 10.6 Å². The number of benzene rings is 1. The fraction of sp³-hybridized carbons (Fsp3) is 0.680. The third kappa shape index (κ3) is 4.89. The number of carbonyl (C=O) groups excluding carboxylic acids is 1. The molecule has 2 aliphatic carbocycles. The van der Waals surface area contributed by atoms with Crippen LogP contribution in [0.5, 0.6) is 0 Å². The molecule has 170 valence electrons. The van der Waals surface area contributed by atoms with Crippen molar-refractivity contribution in [2.45, 2.75) is 64.5 Å². The third-order valence-electron chi connectivity index (χ3n) is 7.41. The van der Waals surface area contributed by atoms with Gasteiger partial charge in [-0.1, -0.05) is 36.8 Å². The highest BCUT2D eigenvalue weighted by Crippen LogP contribution is 2.57. The van der Waals surface area contributed by atoms with Gasteiger partial charge in [-0.2, -0.15) is 0 Å². The lowest BCUT2D eigenvalue weighted by atomic mass is 9.51. The third-order valence-corrected chi connectivity index (χ3v) is 7.41. The van der Waals surface area contributed by atoms with Gasteiger partial charge in [0.1, 0.15) is 0 Å². The van der Waals surface area contributed by atoms with E-state index in [-0.39, 0.29) is 5.91 Å². The summed E-state index contributed by atoms with van der Waals surface area (Å²) in [5, 5.41) is 7.10. The van der Waals surface area contributed by atoms with Gasteiger partial charge >= 0.3 is 0 Å². The Kier molecular flexibility index (Phi) is 7.16. The number of guanidine groups is 1. The van der Waals surface area contributed by atoms with Crippen LogP contribution in [0.4, 0.5) is 0 Å². The fourth-order valence-corrected chi connectivity index (χ4v) is 5.45. The summed E-state index contributed by atoms with van der Waals surface area (Å²) in [6.07, 6.45) is 6.79. The van der Waals surface area contributed by atoms with Crippen LogP contribution >= 0.6 is 0 Å². The van der Waals surface area contributed by atoms with Crippen LogP contribution in [0, 0.1) is 11.3 Å². The highest BCUT2D eigenvalue weighted by Gasteiger charge is 2.59. The highest BCUT2D eigenvalue weighted by molar-refractivity contribution is 5.81. The van der Waals surface area contributed by atoms with Crippen LogP contribution in [-0.4, -0.2) is 61.7 Å². The molecule has 3 aliphatic rings. The van der Waals surface area contributed by atoms with Crippen molar-refractivity contribution >= 4 is 11.9 Å². The summed E-state index contributed by atoms with van der Waals surface area (Å²) in [7, 11) is 0. The van der Waals surface area contributed by atoms with E-state index in [2.05, 4.69) is 48.7 Å². The molecule has 1 spiro atoms. The Labute approximate surface area is 186 Å². The molecule has 3 atom stereocenters. The molecule has 4 rings (SSSR count). The molecule has 2 N–H and O–H groups in total. The average molecular weight is 427 g/mol. The minimum absolute atomic E-state index is 0.265. The van der Waals surface area contributed by atoms with Gasteiger partial charge in [-0.3, -0.25) is 9.79 Å². The first-order valence-corrected chi connectivity index (χ1v) is 12.1. The van der Waals surface area contributed by atoms with E-state index in [4.69, 9.17) is 9.73 Å². The first-order chi connectivity index (χ1) is 15.1. The van der Waals surface area contributed by atoms with E-state index >= 15 is 0 Å². The molecule has 31 heavy (non-hydrogen) atoms. The zero-order valence-corrected chi connectivity index (χ0v) is 19.1. The van der Waals surface area contributed by atoms with Gasteiger partial charge in [-0.15, -0.1) is 0 Å². The molecule has 1 saturated heterocycles. The molecule has 1 amide bonds. The summed E-state index contributed by atoms with van der Waals surface area (Å²) in [6.45, 7) is 8.13. The molecule has 1 aromatic carbocycles. The molecular formula is C25H38N4O2. The summed E-state index contributed by atoms with van der Waals surface area (Å²) < 4.78 is 5.98. The monoisotopic (exact) mass is 426 g/mol. The lowest BCUT2D eigenvalue weighted by Crippen LogP contribution is -2.68. The van der Waals surface area contributed by atoms with E-state index in [9.17, 15) is 4.79 Å². The number of likely N-dealkylation sites (tertiary alicyclic amines) is 1. The number of rotatable bonds is 9. The van der Waals surface area contributed by atoms with Gasteiger partial charge in [-0.25, -0.2) is 0 Å². The predicted molar refractivity (Wildman–Crippen MR) is 124 cm³/mol. The number of carbonyl (C=O) groups is 1. The predicted octanol–water partition coefficient (Wildman–Crippen LogP) is 2.98. The molecule has 2 saturated carbocycles. The van der Waals surface area contributed by atoms with Crippen molar-refractivity contribution in [3.05, 3.63) is 35.9 Å². The van der Waals surface area contributed by atoms with Crippen molar-refractivity contribution in [2.75, 3.05) is 32.8 Å². The summed E-state index contributed by atoms with van der Waals surface area (Å²) >= 11 is 0. The maximum Gasteiger partial charge on any atom is 0.223 e. The van der Waals surface area contributed by atoms with Crippen LogP contribution in [0.2, 0.25) is 0 Å². The van der Waals surface area contributed by atoms with Gasteiger partial charge in [0.05, 0.1) is 6.10 Å². The van der Waals surface area contributed by atoms with E-state index in [1.165, 1.54) is 24.8 Å². The lowest BCUT2D eigenvalue weighted by Gasteiger charge is -2.61. The minimum Gasteiger partial charge on any atom is -0.378 e. The Morgan fingerprint density at radius 3 is 2.74 bits per heavy atom. The number of ether oxygens (including phenoxy) is 1. The molecule has 6 nitrogen and oxygen atoms in total. The average Bonchev–Trinajstić information content (AvgIpc) is 3.08. The van der Waals surface area contributed by atoms with E-state index in [1.54, 1.807) is 0 Å². The molecule has 0 radical (unpaired) electrons. The Morgan fingerprint density at radius 1 is 1.26 bits per heavy atom. The van der Waals surface area contributed by atoms with Crippen LogP contribution in [-0.2, 0) is 16.0 Å². The van der Waals surface area contributed by atoms with Gasteiger partial charge in [0.25, 0.3) is 0 Å². The highest BCUT2D eigenvalue weighted by atomic mass is 16.5. The van der Waals surface area contributed by atoms with Crippen LogP contribution in [0.1, 0.15) is 51.5 Å². The standard InChI is InChI=1S/C25H38N4O2/c1-3-26-24(28-21-16-22(31-4-2)25(21)12-8-13-25)27-17-20-15-23(30)29(18-20)14-11-19-9-6-5-7-10-19/h5-7,9-10,20-22H,3-4,8,11-18H2,1-2H3,(H2,26,27,28). The topological polar surface area (TPSA) is 66.0 Å². The molecule has 1 heterocycles. The van der Waals surface area contributed by atoms with E-state index < -0.39 is 0 Å². The lowest BCUT2D eigenvalue weighted by molar-refractivity contribution is -0.168. The van der Waals surface area contributed by atoms with Crippen LogP contribution in [0.25, 0.3) is 0 Å². The Balaban J connectivity index is 1.28. The fourth-order valence-electron chi connectivity index (χ4n) is 5.45. The van der Waals surface area contributed by atoms with E-state index in [0.717, 1.165) is 45.0 Å². The Bertz CT molecular complexity index is 762. The maximum absolute atomic E-state index is 12.5. The van der Waals surface area contributed by atoms with Gasteiger partial charge in [-0.05, 0) is 45.1 Å². The Hall–Kier alpha value is -2.08. The first-order valence-electron chi connectivity index (χ1n) is 12.1. The van der Waals surface area contributed by atoms with Crippen molar-refractivity contribution in [2.24, 2.45) is 16.3 Å². The first kappa shape index (κ1) is 22.1. The van der Waals surface area contributed by atoms with E-state index in [1.807, 2.05) is 11.0 Å². The van der Waals surface area contributed by atoms with Crippen molar-refractivity contribution in [1.82, 2.24) is 15.5 Å². The Morgan fingerprint density at radius 2 is 2.06 bits per heavy atom. The number of hydrogen-bond donors (Lipinski definition) is 2.